The Morgan fingerprint density at radius 2 is 1.53 bits per heavy atom. The van der Waals surface area contributed by atoms with Crippen molar-refractivity contribution in [3.05, 3.63) is 42.0 Å². The Morgan fingerprint density at radius 3 is 2.16 bits per heavy atom. The molecule has 0 aromatic heterocycles. The second-order valence-electron chi connectivity index (χ2n) is 7.62. The fraction of sp³-hybridized carbons (Fsp3) is 0.464. The van der Waals surface area contributed by atoms with Gasteiger partial charge >= 0.3 is 5.97 Å². The van der Waals surface area contributed by atoms with Crippen LogP contribution in [-0.2, 0) is 9.53 Å². The van der Waals surface area contributed by atoms with Crippen molar-refractivity contribution < 1.29 is 14.3 Å². The monoisotopic (exact) mass is 433 g/mol. The molecule has 0 N–H and O–H groups in total. The van der Waals surface area contributed by atoms with Crippen LogP contribution in [0.3, 0.4) is 0 Å². The fourth-order valence-electron chi connectivity index (χ4n) is 3.37. The molecule has 1 unspecified atom stereocenters. The fourth-order valence-corrected chi connectivity index (χ4v) is 3.37. The van der Waals surface area contributed by atoms with Gasteiger partial charge in [0.25, 0.3) is 0 Å². The number of ether oxygens (including phenoxy) is 2. The zero-order valence-electron chi connectivity index (χ0n) is 19.9. The molecule has 0 aliphatic heterocycles. The Morgan fingerprint density at radius 1 is 0.906 bits per heavy atom. The van der Waals surface area contributed by atoms with Crippen molar-refractivity contribution in [2.45, 2.75) is 52.4 Å². The minimum absolute atomic E-state index is 0.200. The Balaban J connectivity index is 1.90. The summed E-state index contributed by atoms with van der Waals surface area (Å²) in [5, 5.41) is 2.16. The summed E-state index contributed by atoms with van der Waals surface area (Å²) in [5.41, 5.74) is 0.953. The number of methoxy groups -OCH3 is 1. The average molecular weight is 434 g/mol. The summed E-state index contributed by atoms with van der Waals surface area (Å²) < 4.78 is 10.9. The normalized spacial score (nSPS) is 11.3. The number of esters is 1. The number of carbonyl (C=O) groups is 1. The number of rotatable bonds is 10. The van der Waals surface area contributed by atoms with Crippen molar-refractivity contribution in [2.24, 2.45) is 0 Å². The molecule has 0 fully saturated rings. The lowest BCUT2D eigenvalue weighted by molar-refractivity contribution is -0.145. The van der Waals surface area contributed by atoms with E-state index < -0.39 is 0 Å². The molecule has 0 amide bonds. The molecular formula is C28H35NO3. The van der Waals surface area contributed by atoms with E-state index in [2.05, 4.69) is 42.4 Å². The number of hydrogen-bond acceptors (Lipinski definition) is 4. The number of fused-ring (bicyclic) bond motifs is 1. The Kier molecular flexibility index (Phi) is 11.2. The van der Waals surface area contributed by atoms with E-state index in [1.807, 2.05) is 43.3 Å². The smallest absolute Gasteiger partial charge is 0.313 e. The van der Waals surface area contributed by atoms with E-state index >= 15 is 0 Å². The summed E-state index contributed by atoms with van der Waals surface area (Å²) in [6, 6.07) is 12.0. The molecule has 0 aliphatic carbocycles. The molecule has 0 bridgehead atoms. The second kappa shape index (κ2) is 14.2. The molecule has 2 rings (SSSR count). The van der Waals surface area contributed by atoms with Gasteiger partial charge in [-0.25, -0.2) is 0 Å². The molecular weight excluding hydrogens is 398 g/mol. The summed E-state index contributed by atoms with van der Waals surface area (Å²) in [5.74, 6) is 12.9. The predicted octanol–water partition coefficient (Wildman–Crippen LogP) is 5.40. The van der Waals surface area contributed by atoms with Crippen LogP contribution < -0.4 is 4.74 Å². The zero-order chi connectivity index (χ0) is 23.2. The van der Waals surface area contributed by atoms with Crippen LogP contribution >= 0.6 is 0 Å². The van der Waals surface area contributed by atoms with Crippen molar-refractivity contribution in [1.29, 1.82) is 0 Å². The Hall–Kier alpha value is -2.95. The van der Waals surface area contributed by atoms with Gasteiger partial charge < -0.3 is 9.47 Å². The third-order valence-electron chi connectivity index (χ3n) is 5.29. The van der Waals surface area contributed by atoms with Crippen LogP contribution in [0.4, 0.5) is 0 Å². The third-order valence-corrected chi connectivity index (χ3v) is 5.29. The lowest BCUT2D eigenvalue weighted by atomic mass is 9.98. The average Bonchev–Trinajstić information content (AvgIpc) is 2.82. The van der Waals surface area contributed by atoms with E-state index in [1.54, 1.807) is 7.11 Å². The first kappa shape index (κ1) is 25.3. The minimum atomic E-state index is -0.319. The van der Waals surface area contributed by atoms with Gasteiger partial charge in [-0.1, -0.05) is 38.1 Å². The van der Waals surface area contributed by atoms with Crippen LogP contribution in [-0.4, -0.2) is 44.2 Å². The molecule has 0 saturated heterocycles. The number of carbonyl (C=O) groups excluding carboxylic acids is 1. The third kappa shape index (κ3) is 8.29. The summed E-state index contributed by atoms with van der Waals surface area (Å²) in [4.78, 5) is 14.9. The van der Waals surface area contributed by atoms with Crippen LogP contribution in [0.1, 0.15) is 57.9 Å². The summed E-state index contributed by atoms with van der Waals surface area (Å²) in [7, 11) is 1.66. The highest BCUT2D eigenvalue weighted by Crippen LogP contribution is 2.25. The number of hydrogen-bond donors (Lipinski definition) is 0. The molecule has 170 valence electrons. The maximum absolute atomic E-state index is 12.7. The van der Waals surface area contributed by atoms with Crippen LogP contribution in [0.25, 0.3) is 10.8 Å². The Labute approximate surface area is 193 Å². The van der Waals surface area contributed by atoms with Gasteiger partial charge in [-0.05, 0) is 35.4 Å². The van der Waals surface area contributed by atoms with Gasteiger partial charge in [0, 0.05) is 45.3 Å². The highest BCUT2D eigenvalue weighted by molar-refractivity contribution is 5.86. The first-order chi connectivity index (χ1) is 15.6. The molecule has 1 atom stereocenters. The van der Waals surface area contributed by atoms with Gasteiger partial charge in [-0.3, -0.25) is 9.69 Å². The van der Waals surface area contributed by atoms with Gasteiger partial charge in [0.05, 0.1) is 13.0 Å². The van der Waals surface area contributed by atoms with Gasteiger partial charge in [0.15, 0.2) is 0 Å². The molecule has 0 heterocycles. The van der Waals surface area contributed by atoms with Crippen molar-refractivity contribution in [2.75, 3.05) is 33.4 Å². The topological polar surface area (TPSA) is 38.8 Å². The molecule has 2 aromatic rings. The highest BCUT2D eigenvalue weighted by Gasteiger charge is 2.17. The second-order valence-corrected chi connectivity index (χ2v) is 7.62. The van der Waals surface area contributed by atoms with E-state index in [9.17, 15) is 4.79 Å². The van der Waals surface area contributed by atoms with E-state index in [1.165, 1.54) is 0 Å². The van der Waals surface area contributed by atoms with Crippen molar-refractivity contribution in [3.8, 4) is 29.4 Å². The lowest BCUT2D eigenvalue weighted by Crippen LogP contribution is -2.30. The quantitative estimate of drug-likeness (QED) is 0.371. The first-order valence-electron chi connectivity index (χ1n) is 11.5. The van der Waals surface area contributed by atoms with Gasteiger partial charge in [0.2, 0.25) is 0 Å². The van der Waals surface area contributed by atoms with Crippen molar-refractivity contribution in [3.63, 3.8) is 0 Å². The summed E-state index contributed by atoms with van der Waals surface area (Å²) in [6.45, 7) is 8.79. The van der Waals surface area contributed by atoms with E-state index in [-0.39, 0.29) is 11.9 Å². The maximum atomic E-state index is 12.7. The van der Waals surface area contributed by atoms with Crippen molar-refractivity contribution >= 4 is 16.7 Å². The van der Waals surface area contributed by atoms with Gasteiger partial charge in [-0.15, -0.1) is 23.7 Å². The summed E-state index contributed by atoms with van der Waals surface area (Å²) >= 11 is 0. The maximum Gasteiger partial charge on any atom is 0.313 e. The van der Waals surface area contributed by atoms with E-state index in [0.717, 1.165) is 60.9 Å². The molecule has 0 radical (unpaired) electrons. The number of benzene rings is 2. The molecule has 2 aromatic carbocycles. The minimum Gasteiger partial charge on any atom is -0.497 e. The van der Waals surface area contributed by atoms with Crippen LogP contribution in [0.2, 0.25) is 0 Å². The largest absolute Gasteiger partial charge is 0.497 e. The molecule has 0 spiro atoms. The molecule has 0 aliphatic rings. The molecule has 32 heavy (non-hydrogen) atoms. The van der Waals surface area contributed by atoms with Crippen LogP contribution in [0.5, 0.6) is 5.75 Å². The van der Waals surface area contributed by atoms with Gasteiger partial charge in [-0.2, -0.15) is 0 Å². The van der Waals surface area contributed by atoms with E-state index in [4.69, 9.17) is 9.47 Å². The summed E-state index contributed by atoms with van der Waals surface area (Å²) in [6.07, 6.45) is 3.39. The first-order valence-corrected chi connectivity index (χ1v) is 11.5. The molecule has 4 nitrogen and oxygen atoms in total. The lowest BCUT2D eigenvalue weighted by Gasteiger charge is -2.21. The van der Waals surface area contributed by atoms with Gasteiger partial charge in [0.1, 0.15) is 12.4 Å². The highest BCUT2D eigenvalue weighted by atomic mass is 16.5. The molecule has 0 saturated carbocycles. The van der Waals surface area contributed by atoms with Crippen molar-refractivity contribution in [1.82, 2.24) is 4.90 Å². The zero-order valence-corrected chi connectivity index (χ0v) is 19.9. The van der Waals surface area contributed by atoms with E-state index in [0.29, 0.717) is 13.2 Å². The number of nitrogens with zero attached hydrogens (tertiary/aromatic N) is 1. The standard InChI is InChI=1S/C28H35NO3/c1-5-7-9-11-17-29(18-12-10-8-6-2)19-20-32-28(30)23(3)24-13-14-26-22-27(31-4)16-15-25(26)21-24/h13-16,21-23H,5-6,11-12,17-20H2,1-4H3. The SMILES string of the molecule is CCC#CCCN(CCC#CCC)CCOC(=O)C(C)c1ccc2cc(OC)ccc2c1. The van der Waals surface area contributed by atoms with Crippen LogP contribution in [0, 0.1) is 23.7 Å². The molecule has 4 heteroatoms. The van der Waals surface area contributed by atoms with Crippen LogP contribution in [0.15, 0.2) is 36.4 Å². The Bertz CT molecular complexity index is 964. The predicted molar refractivity (Wildman–Crippen MR) is 132 cm³/mol.